The number of carbonyl (C=O) groups is 2. The highest BCUT2D eigenvalue weighted by Gasteiger charge is 2.13. The topological polar surface area (TPSA) is 93.1 Å². The van der Waals surface area contributed by atoms with Crippen molar-refractivity contribution in [3.8, 4) is 0 Å². The smallest absolute Gasteiger partial charge is 0.262 e. The van der Waals surface area contributed by atoms with Crippen molar-refractivity contribution in [1.82, 2.24) is 9.55 Å². The van der Waals surface area contributed by atoms with Crippen LogP contribution in [0.25, 0.3) is 10.2 Å². The van der Waals surface area contributed by atoms with Crippen LogP contribution in [0.4, 0.5) is 11.4 Å². The number of carbonyl (C=O) groups excluding carboxylic acids is 2. The van der Waals surface area contributed by atoms with E-state index in [1.165, 1.54) is 29.2 Å². The number of nitrogens with one attached hydrogen (secondary N) is 2. The van der Waals surface area contributed by atoms with E-state index in [0.29, 0.717) is 21.6 Å². The van der Waals surface area contributed by atoms with Gasteiger partial charge in [0.25, 0.3) is 5.56 Å². The summed E-state index contributed by atoms with van der Waals surface area (Å²) < 4.78 is 1.31. The molecule has 2 N–H and O–H groups in total. The van der Waals surface area contributed by atoms with Gasteiger partial charge in [0.1, 0.15) is 11.4 Å². The maximum Gasteiger partial charge on any atom is 0.262 e. The summed E-state index contributed by atoms with van der Waals surface area (Å²) in [6, 6.07) is 6.74. The first kappa shape index (κ1) is 17.8. The average Bonchev–Trinajstić information content (AvgIpc) is 2.87. The fourth-order valence-electron chi connectivity index (χ4n) is 2.58. The highest BCUT2D eigenvalue weighted by atomic mass is 32.1. The van der Waals surface area contributed by atoms with Gasteiger partial charge in [-0.05, 0) is 43.7 Å². The Bertz CT molecular complexity index is 1050. The molecule has 0 atom stereocenters. The summed E-state index contributed by atoms with van der Waals surface area (Å²) in [6.45, 7) is 5.14. The predicted octanol–water partition coefficient (Wildman–Crippen LogP) is 2.67. The Morgan fingerprint density at radius 2 is 1.73 bits per heavy atom. The maximum atomic E-state index is 12.6. The molecule has 2 heterocycles. The largest absolute Gasteiger partial charge is 0.326 e. The maximum absolute atomic E-state index is 12.6. The lowest BCUT2D eigenvalue weighted by Crippen LogP contribution is -2.27. The molecule has 0 aliphatic rings. The summed E-state index contributed by atoms with van der Waals surface area (Å²) in [6.07, 6.45) is 1.40. The Hall–Kier alpha value is -3.00. The van der Waals surface area contributed by atoms with Crippen LogP contribution in [-0.2, 0) is 16.1 Å². The van der Waals surface area contributed by atoms with Crippen LogP contribution in [-0.4, -0.2) is 21.4 Å². The van der Waals surface area contributed by atoms with Gasteiger partial charge in [-0.1, -0.05) is 0 Å². The number of rotatable bonds is 4. The van der Waals surface area contributed by atoms with Crippen molar-refractivity contribution in [2.24, 2.45) is 0 Å². The molecule has 3 aromatic rings. The van der Waals surface area contributed by atoms with Crippen LogP contribution in [0.3, 0.4) is 0 Å². The second kappa shape index (κ2) is 7.09. The van der Waals surface area contributed by atoms with Gasteiger partial charge in [-0.2, -0.15) is 0 Å². The molecule has 0 aliphatic heterocycles. The van der Waals surface area contributed by atoms with Crippen molar-refractivity contribution < 1.29 is 9.59 Å². The number of thiophene rings is 1. The standard InChI is InChI=1S/C18H18N4O3S/c1-10-11(2)26-17-16(10)18(25)22(9-19-17)8-15(24)21-14-6-4-13(5-7-14)20-12(3)23/h4-7,9H,8H2,1-3H3,(H,20,23)(H,21,24). The number of nitrogens with zero attached hydrogens (tertiary/aromatic N) is 2. The van der Waals surface area contributed by atoms with Gasteiger partial charge in [-0.3, -0.25) is 19.0 Å². The van der Waals surface area contributed by atoms with E-state index in [4.69, 9.17) is 0 Å². The van der Waals surface area contributed by atoms with Gasteiger partial charge in [0, 0.05) is 23.2 Å². The third-order valence-electron chi connectivity index (χ3n) is 3.96. The van der Waals surface area contributed by atoms with Gasteiger partial charge in [0.05, 0.1) is 11.7 Å². The molecule has 26 heavy (non-hydrogen) atoms. The number of hydrogen-bond donors (Lipinski definition) is 2. The minimum absolute atomic E-state index is 0.121. The van der Waals surface area contributed by atoms with Crippen LogP contribution in [0, 0.1) is 13.8 Å². The molecule has 3 rings (SSSR count). The molecule has 1 aromatic carbocycles. The normalized spacial score (nSPS) is 10.7. The fourth-order valence-corrected chi connectivity index (χ4v) is 3.57. The van der Waals surface area contributed by atoms with Crippen molar-refractivity contribution in [3.05, 3.63) is 51.4 Å². The number of aryl methyl sites for hydroxylation is 2. The number of aromatic nitrogens is 2. The third kappa shape index (κ3) is 3.65. The van der Waals surface area contributed by atoms with E-state index >= 15 is 0 Å². The first-order valence-corrected chi connectivity index (χ1v) is 8.79. The lowest BCUT2D eigenvalue weighted by Gasteiger charge is -2.08. The average molecular weight is 370 g/mol. The molecular weight excluding hydrogens is 352 g/mol. The van der Waals surface area contributed by atoms with E-state index in [9.17, 15) is 14.4 Å². The molecule has 0 saturated carbocycles. The number of hydrogen-bond acceptors (Lipinski definition) is 5. The molecule has 0 bridgehead atoms. The Labute approximate surface area is 153 Å². The van der Waals surface area contributed by atoms with Crippen LogP contribution < -0.4 is 16.2 Å². The molecular formula is C18H18N4O3S. The van der Waals surface area contributed by atoms with E-state index in [1.807, 2.05) is 13.8 Å². The van der Waals surface area contributed by atoms with Crippen molar-refractivity contribution in [1.29, 1.82) is 0 Å². The molecule has 0 unspecified atom stereocenters. The van der Waals surface area contributed by atoms with Crippen LogP contribution in [0.15, 0.2) is 35.4 Å². The first-order valence-electron chi connectivity index (χ1n) is 7.98. The number of amides is 2. The molecule has 7 nitrogen and oxygen atoms in total. The second-order valence-electron chi connectivity index (χ2n) is 5.95. The van der Waals surface area contributed by atoms with Crippen LogP contribution in [0.1, 0.15) is 17.4 Å². The molecule has 8 heteroatoms. The summed E-state index contributed by atoms with van der Waals surface area (Å²) in [5.74, 6) is -0.492. The van der Waals surface area contributed by atoms with Crippen molar-refractivity contribution in [2.45, 2.75) is 27.3 Å². The van der Waals surface area contributed by atoms with E-state index in [2.05, 4.69) is 15.6 Å². The Morgan fingerprint density at radius 1 is 1.12 bits per heavy atom. The monoisotopic (exact) mass is 370 g/mol. The lowest BCUT2D eigenvalue weighted by molar-refractivity contribution is -0.117. The second-order valence-corrected chi connectivity index (χ2v) is 7.15. The van der Waals surface area contributed by atoms with E-state index in [-0.39, 0.29) is 23.9 Å². The Kier molecular flexibility index (Phi) is 4.85. The SMILES string of the molecule is CC(=O)Nc1ccc(NC(=O)Cn2cnc3sc(C)c(C)c3c2=O)cc1. The van der Waals surface area contributed by atoms with Gasteiger partial charge in [-0.25, -0.2) is 4.98 Å². The molecule has 0 saturated heterocycles. The number of benzene rings is 1. The molecule has 0 fully saturated rings. The Balaban J connectivity index is 1.75. The van der Waals surface area contributed by atoms with Gasteiger partial charge in [0.15, 0.2) is 0 Å². The van der Waals surface area contributed by atoms with Crippen LogP contribution >= 0.6 is 11.3 Å². The summed E-state index contributed by atoms with van der Waals surface area (Å²) in [7, 11) is 0. The number of fused-ring (bicyclic) bond motifs is 1. The summed E-state index contributed by atoms with van der Waals surface area (Å²) >= 11 is 1.47. The molecule has 0 aliphatic carbocycles. The third-order valence-corrected chi connectivity index (χ3v) is 5.07. The zero-order valence-corrected chi connectivity index (χ0v) is 15.4. The van der Waals surface area contributed by atoms with E-state index in [1.54, 1.807) is 24.3 Å². The van der Waals surface area contributed by atoms with Gasteiger partial charge in [-0.15, -0.1) is 11.3 Å². The lowest BCUT2D eigenvalue weighted by atomic mass is 10.2. The molecule has 2 aromatic heterocycles. The molecule has 0 spiro atoms. The van der Waals surface area contributed by atoms with Crippen molar-refractivity contribution in [3.63, 3.8) is 0 Å². The number of anilines is 2. The van der Waals surface area contributed by atoms with E-state index in [0.717, 1.165) is 10.4 Å². The van der Waals surface area contributed by atoms with Crippen LogP contribution in [0.5, 0.6) is 0 Å². The molecule has 134 valence electrons. The molecule has 0 radical (unpaired) electrons. The highest BCUT2D eigenvalue weighted by Crippen LogP contribution is 2.25. The van der Waals surface area contributed by atoms with Crippen molar-refractivity contribution in [2.75, 3.05) is 10.6 Å². The zero-order valence-electron chi connectivity index (χ0n) is 14.6. The molecule has 2 amide bonds. The fraction of sp³-hybridized carbons (Fsp3) is 0.222. The van der Waals surface area contributed by atoms with Gasteiger partial charge >= 0.3 is 0 Å². The first-order chi connectivity index (χ1) is 12.3. The minimum Gasteiger partial charge on any atom is -0.326 e. The van der Waals surface area contributed by atoms with Gasteiger partial charge in [0.2, 0.25) is 11.8 Å². The van der Waals surface area contributed by atoms with Crippen LogP contribution in [0.2, 0.25) is 0 Å². The Morgan fingerprint density at radius 3 is 2.35 bits per heavy atom. The van der Waals surface area contributed by atoms with Crippen molar-refractivity contribution >= 4 is 44.7 Å². The quantitative estimate of drug-likeness (QED) is 0.738. The van der Waals surface area contributed by atoms with Gasteiger partial charge < -0.3 is 10.6 Å². The summed E-state index contributed by atoms with van der Waals surface area (Å²) in [5.41, 5.74) is 1.91. The summed E-state index contributed by atoms with van der Waals surface area (Å²) in [5, 5.41) is 5.95. The summed E-state index contributed by atoms with van der Waals surface area (Å²) in [4.78, 5) is 41.9. The highest BCUT2D eigenvalue weighted by molar-refractivity contribution is 7.18. The predicted molar refractivity (Wildman–Crippen MR) is 103 cm³/mol. The minimum atomic E-state index is -0.329. The zero-order chi connectivity index (χ0) is 18.8. The van der Waals surface area contributed by atoms with E-state index < -0.39 is 0 Å².